The first-order valence-corrected chi connectivity index (χ1v) is 4.63. The lowest BCUT2D eigenvalue weighted by atomic mass is 10.4. The first-order chi connectivity index (χ1) is 6.74. The minimum atomic E-state index is -0.269. The number of fused-ring (bicyclic) bond motifs is 1. The summed E-state index contributed by atoms with van der Waals surface area (Å²) < 4.78 is 1.55. The molecule has 0 aliphatic heterocycles. The summed E-state index contributed by atoms with van der Waals surface area (Å²) in [5, 5.41) is -0.0296. The number of hydrogen-bond donors (Lipinski definition) is 0. The van der Waals surface area contributed by atoms with Crippen LogP contribution in [-0.2, 0) is 6.54 Å². The Labute approximate surface area is 85.2 Å². The highest BCUT2D eigenvalue weighted by Gasteiger charge is 2.07. The second-order valence-electron chi connectivity index (χ2n) is 2.80. The normalized spacial score (nSPS) is 10.7. The van der Waals surface area contributed by atoms with Crippen LogP contribution in [0.25, 0.3) is 11.2 Å². The van der Waals surface area contributed by atoms with E-state index in [1.165, 1.54) is 0 Å². The minimum absolute atomic E-state index is 0.0296. The molecule has 2 heterocycles. The SMILES string of the molecule is CCn1c(=O)c(Cl)nc2ncccc21. The van der Waals surface area contributed by atoms with Crippen LogP contribution in [0, 0.1) is 0 Å². The first kappa shape index (κ1) is 9.15. The molecule has 0 bridgehead atoms. The Bertz CT molecular complexity index is 535. The van der Waals surface area contributed by atoms with Gasteiger partial charge in [0.05, 0.1) is 5.52 Å². The molecule has 0 atom stereocenters. The van der Waals surface area contributed by atoms with Gasteiger partial charge >= 0.3 is 0 Å². The molecule has 0 aromatic carbocycles. The molecule has 0 saturated carbocycles. The monoisotopic (exact) mass is 209 g/mol. The molecule has 0 aliphatic carbocycles. The lowest BCUT2D eigenvalue weighted by Crippen LogP contribution is -2.21. The first-order valence-electron chi connectivity index (χ1n) is 4.25. The number of aryl methyl sites for hydroxylation is 1. The van der Waals surface area contributed by atoms with Crippen LogP contribution >= 0.6 is 11.6 Å². The van der Waals surface area contributed by atoms with E-state index in [2.05, 4.69) is 9.97 Å². The van der Waals surface area contributed by atoms with Gasteiger partial charge in [-0.25, -0.2) is 9.97 Å². The Kier molecular flexibility index (Phi) is 2.21. The van der Waals surface area contributed by atoms with Gasteiger partial charge in [-0.1, -0.05) is 11.6 Å². The van der Waals surface area contributed by atoms with Gasteiger partial charge in [-0.3, -0.25) is 4.79 Å². The number of aromatic nitrogens is 3. The Hall–Kier alpha value is -1.42. The van der Waals surface area contributed by atoms with Crippen LogP contribution < -0.4 is 5.56 Å². The predicted octanol–water partition coefficient (Wildman–Crippen LogP) is 1.46. The summed E-state index contributed by atoms with van der Waals surface area (Å²) in [7, 11) is 0. The van der Waals surface area contributed by atoms with E-state index in [1.807, 2.05) is 6.92 Å². The van der Waals surface area contributed by atoms with Gasteiger partial charge in [0.25, 0.3) is 5.56 Å². The van der Waals surface area contributed by atoms with E-state index in [-0.39, 0.29) is 10.7 Å². The summed E-state index contributed by atoms with van der Waals surface area (Å²) >= 11 is 5.69. The quantitative estimate of drug-likeness (QED) is 0.715. The van der Waals surface area contributed by atoms with E-state index in [4.69, 9.17) is 11.6 Å². The number of nitrogens with zero attached hydrogens (tertiary/aromatic N) is 3. The maximum atomic E-state index is 11.6. The van der Waals surface area contributed by atoms with Gasteiger partial charge < -0.3 is 4.57 Å². The molecule has 2 rings (SSSR count). The zero-order valence-corrected chi connectivity index (χ0v) is 8.32. The van der Waals surface area contributed by atoms with Gasteiger partial charge in [-0.2, -0.15) is 0 Å². The second kappa shape index (κ2) is 3.38. The third-order valence-corrected chi connectivity index (χ3v) is 2.24. The smallest absolute Gasteiger partial charge is 0.288 e. The van der Waals surface area contributed by atoms with Crippen molar-refractivity contribution in [2.24, 2.45) is 0 Å². The van der Waals surface area contributed by atoms with Crippen LogP contribution in [0.3, 0.4) is 0 Å². The molecule has 2 aromatic rings. The lowest BCUT2D eigenvalue weighted by molar-refractivity contribution is 0.751. The van der Waals surface area contributed by atoms with Gasteiger partial charge in [-0.05, 0) is 19.1 Å². The number of halogens is 1. The van der Waals surface area contributed by atoms with E-state index in [1.54, 1.807) is 22.9 Å². The van der Waals surface area contributed by atoms with Gasteiger partial charge in [0, 0.05) is 12.7 Å². The zero-order valence-electron chi connectivity index (χ0n) is 7.57. The van der Waals surface area contributed by atoms with Crippen LogP contribution in [0.2, 0.25) is 5.15 Å². The van der Waals surface area contributed by atoms with Crippen molar-refractivity contribution in [3.63, 3.8) is 0 Å². The van der Waals surface area contributed by atoms with E-state index in [0.29, 0.717) is 17.7 Å². The topological polar surface area (TPSA) is 47.8 Å². The molecular formula is C9H8ClN3O. The maximum absolute atomic E-state index is 11.6. The molecule has 0 spiro atoms. The highest BCUT2D eigenvalue weighted by atomic mass is 35.5. The summed E-state index contributed by atoms with van der Waals surface area (Å²) in [6.07, 6.45) is 1.62. The fraction of sp³-hybridized carbons (Fsp3) is 0.222. The van der Waals surface area contributed by atoms with Crippen molar-refractivity contribution < 1.29 is 0 Å². The Morgan fingerprint density at radius 2 is 2.36 bits per heavy atom. The maximum Gasteiger partial charge on any atom is 0.288 e. The molecule has 4 nitrogen and oxygen atoms in total. The van der Waals surface area contributed by atoms with Crippen LogP contribution in [0.1, 0.15) is 6.92 Å². The van der Waals surface area contributed by atoms with E-state index in [9.17, 15) is 4.79 Å². The Morgan fingerprint density at radius 3 is 3.07 bits per heavy atom. The van der Waals surface area contributed by atoms with Crippen LogP contribution in [0.4, 0.5) is 0 Å². The average molecular weight is 210 g/mol. The van der Waals surface area contributed by atoms with Crippen molar-refractivity contribution >= 4 is 22.8 Å². The molecule has 0 saturated heterocycles. The molecule has 14 heavy (non-hydrogen) atoms. The van der Waals surface area contributed by atoms with Crippen LogP contribution in [0.15, 0.2) is 23.1 Å². The fourth-order valence-electron chi connectivity index (χ4n) is 1.36. The molecule has 0 amide bonds. The summed E-state index contributed by atoms with van der Waals surface area (Å²) in [6.45, 7) is 2.44. The molecule has 2 aromatic heterocycles. The molecule has 0 aliphatic rings. The molecule has 0 N–H and O–H groups in total. The standard InChI is InChI=1S/C9H8ClN3O/c1-2-13-6-4-3-5-11-8(6)12-7(10)9(13)14/h3-5H,2H2,1H3. The number of hydrogen-bond acceptors (Lipinski definition) is 3. The molecule has 0 radical (unpaired) electrons. The zero-order chi connectivity index (χ0) is 10.1. The molecule has 5 heteroatoms. The summed E-state index contributed by atoms with van der Waals surface area (Å²) in [5.74, 6) is 0. The summed E-state index contributed by atoms with van der Waals surface area (Å²) in [5.41, 5.74) is 0.943. The largest absolute Gasteiger partial charge is 0.303 e. The van der Waals surface area contributed by atoms with Gasteiger partial charge in [-0.15, -0.1) is 0 Å². The van der Waals surface area contributed by atoms with Crippen LogP contribution in [0.5, 0.6) is 0 Å². The Morgan fingerprint density at radius 1 is 1.57 bits per heavy atom. The second-order valence-corrected chi connectivity index (χ2v) is 3.16. The number of rotatable bonds is 1. The molecule has 72 valence electrons. The van der Waals surface area contributed by atoms with E-state index in [0.717, 1.165) is 0 Å². The lowest BCUT2D eigenvalue weighted by Gasteiger charge is -2.05. The molecular weight excluding hydrogens is 202 g/mol. The predicted molar refractivity (Wildman–Crippen MR) is 54.5 cm³/mol. The highest BCUT2D eigenvalue weighted by molar-refractivity contribution is 6.29. The summed E-state index contributed by atoms with van der Waals surface area (Å²) in [4.78, 5) is 19.5. The van der Waals surface area contributed by atoms with Gasteiger partial charge in [0.2, 0.25) is 0 Å². The number of pyridine rings is 1. The Balaban J connectivity index is 2.96. The van der Waals surface area contributed by atoms with E-state index >= 15 is 0 Å². The minimum Gasteiger partial charge on any atom is -0.303 e. The molecule has 0 fully saturated rings. The fourth-order valence-corrected chi connectivity index (χ4v) is 1.54. The van der Waals surface area contributed by atoms with E-state index < -0.39 is 0 Å². The van der Waals surface area contributed by atoms with Crippen molar-refractivity contribution in [1.29, 1.82) is 0 Å². The van der Waals surface area contributed by atoms with Crippen LogP contribution in [-0.4, -0.2) is 14.5 Å². The third kappa shape index (κ3) is 1.28. The van der Waals surface area contributed by atoms with Crippen molar-refractivity contribution in [3.05, 3.63) is 33.8 Å². The average Bonchev–Trinajstić information content (AvgIpc) is 2.20. The van der Waals surface area contributed by atoms with Crippen molar-refractivity contribution in [2.45, 2.75) is 13.5 Å². The van der Waals surface area contributed by atoms with Crippen molar-refractivity contribution in [3.8, 4) is 0 Å². The van der Waals surface area contributed by atoms with Gasteiger partial charge in [0.1, 0.15) is 0 Å². The highest BCUT2D eigenvalue weighted by Crippen LogP contribution is 2.08. The van der Waals surface area contributed by atoms with Gasteiger partial charge in [0.15, 0.2) is 10.8 Å². The summed E-state index contributed by atoms with van der Waals surface area (Å²) in [6, 6.07) is 3.57. The van der Waals surface area contributed by atoms with Crippen molar-refractivity contribution in [1.82, 2.24) is 14.5 Å². The molecule has 0 unspecified atom stereocenters. The van der Waals surface area contributed by atoms with Crippen molar-refractivity contribution in [2.75, 3.05) is 0 Å². The third-order valence-electron chi connectivity index (χ3n) is 2.00.